The minimum Gasteiger partial charge on any atom is -0.356 e. The van der Waals surface area contributed by atoms with Gasteiger partial charge in [-0.15, -0.1) is 0 Å². The average Bonchev–Trinajstić information content (AvgIpc) is 3.05. The molecule has 154 valence electrons. The highest BCUT2D eigenvalue weighted by atomic mass is 15.4. The van der Waals surface area contributed by atoms with E-state index in [0.717, 1.165) is 6.54 Å². The maximum Gasteiger partial charge on any atom is 0.101 e. The molecule has 0 aromatic carbocycles. The van der Waals surface area contributed by atoms with Gasteiger partial charge < -0.3 is 9.80 Å². The Hall–Kier alpha value is -0.660. The van der Waals surface area contributed by atoms with Gasteiger partial charge in [0, 0.05) is 25.5 Å². The first kappa shape index (κ1) is 23.4. The molecule has 0 saturated heterocycles. The Bertz CT molecular complexity index is 326. The molecule has 0 radical (unpaired) electrons. The smallest absolute Gasteiger partial charge is 0.101 e. The van der Waals surface area contributed by atoms with E-state index in [1.807, 2.05) is 0 Å². The van der Waals surface area contributed by atoms with Crippen LogP contribution in [0.3, 0.4) is 0 Å². The third-order valence-corrected chi connectivity index (χ3v) is 5.92. The lowest BCUT2D eigenvalue weighted by Gasteiger charge is -2.32. The lowest BCUT2D eigenvalue weighted by molar-refractivity contribution is 0.142. The molecule has 0 aromatic heterocycles. The van der Waals surface area contributed by atoms with Crippen LogP contribution in [0.1, 0.15) is 124 Å². The average molecular weight is 365 g/mol. The predicted molar refractivity (Wildman–Crippen MR) is 117 cm³/mol. The normalized spacial score (nSPS) is 16.8. The zero-order valence-corrected chi connectivity index (χ0v) is 18.4. The zero-order chi connectivity index (χ0) is 18.9. The minimum absolute atomic E-state index is 0.639. The topological polar surface area (TPSA) is 6.48 Å². The maximum absolute atomic E-state index is 2.62. The fourth-order valence-corrected chi connectivity index (χ4v) is 4.14. The second-order valence-electron chi connectivity index (χ2n) is 8.23. The summed E-state index contributed by atoms with van der Waals surface area (Å²) in [5, 5.41) is 0. The van der Waals surface area contributed by atoms with Crippen LogP contribution in [0, 0.1) is 0 Å². The van der Waals surface area contributed by atoms with Crippen LogP contribution in [0.4, 0.5) is 0 Å². The first-order chi connectivity index (χ1) is 12.8. The van der Waals surface area contributed by atoms with Gasteiger partial charge >= 0.3 is 0 Å². The lowest BCUT2D eigenvalue weighted by atomic mass is 10.1. The molecule has 0 bridgehead atoms. The summed E-state index contributed by atoms with van der Waals surface area (Å²) in [4.78, 5) is 5.17. The molecule has 0 fully saturated rings. The van der Waals surface area contributed by atoms with Gasteiger partial charge in [-0.05, 0) is 26.2 Å². The van der Waals surface area contributed by atoms with E-state index in [-0.39, 0.29) is 0 Å². The zero-order valence-electron chi connectivity index (χ0n) is 18.4. The highest BCUT2D eigenvalue weighted by molar-refractivity contribution is 4.96. The van der Waals surface area contributed by atoms with Crippen LogP contribution < -0.4 is 0 Å². The molecular weight excluding hydrogens is 316 g/mol. The highest BCUT2D eigenvalue weighted by Crippen LogP contribution is 2.22. The molecule has 1 unspecified atom stereocenters. The van der Waals surface area contributed by atoms with E-state index >= 15 is 0 Å². The molecular formula is C24H48N2. The van der Waals surface area contributed by atoms with E-state index in [0.29, 0.717) is 6.17 Å². The SMILES string of the molecule is CCCCCCCCCCN1C=CN(CC)C1CCCCCCCCC. The van der Waals surface area contributed by atoms with Crippen molar-refractivity contribution in [1.29, 1.82) is 0 Å². The van der Waals surface area contributed by atoms with Crippen LogP contribution in [0.2, 0.25) is 0 Å². The van der Waals surface area contributed by atoms with Gasteiger partial charge in [-0.1, -0.05) is 97.3 Å². The van der Waals surface area contributed by atoms with E-state index in [2.05, 4.69) is 43.0 Å². The van der Waals surface area contributed by atoms with Crippen molar-refractivity contribution in [3.8, 4) is 0 Å². The summed E-state index contributed by atoms with van der Waals surface area (Å²) in [5.74, 6) is 0. The van der Waals surface area contributed by atoms with Crippen LogP contribution in [0.5, 0.6) is 0 Å². The largest absolute Gasteiger partial charge is 0.356 e. The molecule has 0 N–H and O–H groups in total. The number of unbranched alkanes of at least 4 members (excludes halogenated alkanes) is 13. The van der Waals surface area contributed by atoms with E-state index in [4.69, 9.17) is 0 Å². The van der Waals surface area contributed by atoms with Gasteiger partial charge in [0.05, 0.1) is 0 Å². The fourth-order valence-electron chi connectivity index (χ4n) is 4.14. The summed E-state index contributed by atoms with van der Waals surface area (Å²) in [6.45, 7) is 9.29. The van der Waals surface area contributed by atoms with Crippen LogP contribution in [-0.4, -0.2) is 29.1 Å². The lowest BCUT2D eigenvalue weighted by Crippen LogP contribution is -2.38. The quantitative estimate of drug-likeness (QED) is 0.230. The summed E-state index contributed by atoms with van der Waals surface area (Å²) in [7, 11) is 0. The Morgan fingerprint density at radius 2 is 1.00 bits per heavy atom. The van der Waals surface area contributed by atoms with E-state index < -0.39 is 0 Å². The van der Waals surface area contributed by atoms with Crippen molar-refractivity contribution in [2.24, 2.45) is 0 Å². The molecule has 0 saturated carbocycles. The first-order valence-electron chi connectivity index (χ1n) is 12.0. The fraction of sp³-hybridized carbons (Fsp3) is 0.917. The summed E-state index contributed by atoms with van der Waals surface area (Å²) >= 11 is 0. The Morgan fingerprint density at radius 3 is 1.54 bits per heavy atom. The van der Waals surface area contributed by atoms with Crippen LogP contribution in [0.25, 0.3) is 0 Å². The highest BCUT2D eigenvalue weighted by Gasteiger charge is 2.23. The van der Waals surface area contributed by atoms with Crippen molar-refractivity contribution in [1.82, 2.24) is 9.80 Å². The van der Waals surface area contributed by atoms with Crippen LogP contribution in [-0.2, 0) is 0 Å². The molecule has 1 rings (SSSR count). The van der Waals surface area contributed by atoms with Gasteiger partial charge in [-0.2, -0.15) is 0 Å². The predicted octanol–water partition coefficient (Wildman–Crippen LogP) is 7.70. The molecule has 1 aliphatic heterocycles. The van der Waals surface area contributed by atoms with Gasteiger partial charge in [0.1, 0.15) is 6.17 Å². The molecule has 1 aliphatic rings. The monoisotopic (exact) mass is 364 g/mol. The van der Waals surface area contributed by atoms with Crippen LogP contribution in [0.15, 0.2) is 12.4 Å². The minimum atomic E-state index is 0.639. The van der Waals surface area contributed by atoms with Gasteiger partial charge in [0.25, 0.3) is 0 Å². The van der Waals surface area contributed by atoms with Crippen molar-refractivity contribution in [2.45, 2.75) is 130 Å². The standard InChI is InChI=1S/C24H48N2/c1-4-7-9-11-13-15-17-19-21-26-23-22-25(6-3)24(26)20-18-16-14-12-10-8-5-2/h22-24H,4-21H2,1-3H3. The van der Waals surface area contributed by atoms with Gasteiger partial charge in [0.15, 0.2) is 0 Å². The van der Waals surface area contributed by atoms with Gasteiger partial charge in [-0.25, -0.2) is 0 Å². The number of rotatable bonds is 18. The Labute approximate surface area is 165 Å². The van der Waals surface area contributed by atoms with E-state index in [9.17, 15) is 0 Å². The first-order valence-corrected chi connectivity index (χ1v) is 12.0. The second kappa shape index (κ2) is 16.5. The third-order valence-electron chi connectivity index (χ3n) is 5.92. The van der Waals surface area contributed by atoms with Crippen molar-refractivity contribution >= 4 is 0 Å². The molecule has 0 amide bonds. The Kier molecular flexibility index (Phi) is 14.8. The van der Waals surface area contributed by atoms with Crippen molar-refractivity contribution in [2.75, 3.05) is 13.1 Å². The van der Waals surface area contributed by atoms with Crippen molar-refractivity contribution in [3.05, 3.63) is 12.4 Å². The molecule has 26 heavy (non-hydrogen) atoms. The number of hydrogen-bond acceptors (Lipinski definition) is 2. The van der Waals surface area contributed by atoms with Crippen molar-refractivity contribution in [3.63, 3.8) is 0 Å². The second-order valence-corrected chi connectivity index (χ2v) is 8.23. The van der Waals surface area contributed by atoms with Gasteiger partial charge in [0.2, 0.25) is 0 Å². The van der Waals surface area contributed by atoms with Crippen LogP contribution >= 0.6 is 0 Å². The molecule has 0 aromatic rings. The Morgan fingerprint density at radius 1 is 0.538 bits per heavy atom. The molecule has 0 spiro atoms. The molecule has 2 heteroatoms. The summed E-state index contributed by atoms with van der Waals surface area (Å²) in [6.07, 6.45) is 27.9. The molecule has 1 heterocycles. The summed E-state index contributed by atoms with van der Waals surface area (Å²) < 4.78 is 0. The third kappa shape index (κ3) is 10.5. The summed E-state index contributed by atoms with van der Waals surface area (Å²) in [6, 6.07) is 0. The number of nitrogens with zero attached hydrogens (tertiary/aromatic N) is 2. The molecule has 1 atom stereocenters. The van der Waals surface area contributed by atoms with E-state index in [1.54, 1.807) is 0 Å². The molecule has 2 nitrogen and oxygen atoms in total. The maximum atomic E-state index is 2.62. The Balaban J connectivity index is 2.11. The number of hydrogen-bond donors (Lipinski definition) is 0. The summed E-state index contributed by atoms with van der Waals surface area (Å²) in [5.41, 5.74) is 0. The van der Waals surface area contributed by atoms with E-state index in [1.165, 1.54) is 109 Å². The van der Waals surface area contributed by atoms with Crippen molar-refractivity contribution < 1.29 is 0 Å². The molecule has 0 aliphatic carbocycles. The van der Waals surface area contributed by atoms with Gasteiger partial charge in [-0.3, -0.25) is 0 Å².